The highest BCUT2D eigenvalue weighted by Gasteiger charge is 2.40. The largest absolute Gasteiger partial charge is 0.493 e. The van der Waals surface area contributed by atoms with E-state index in [9.17, 15) is 5.11 Å². The second-order valence-electron chi connectivity index (χ2n) is 5.44. The third-order valence-corrected chi connectivity index (χ3v) is 4.53. The number of aliphatic hydroxyl groups excluding tert-OH is 1. The van der Waals surface area contributed by atoms with Gasteiger partial charge in [0.05, 0.1) is 20.3 Å². The summed E-state index contributed by atoms with van der Waals surface area (Å²) in [4.78, 5) is 0. The molecule has 2 rings (SSSR count). The third kappa shape index (κ3) is 3.07. The Labute approximate surface area is 121 Å². The van der Waals surface area contributed by atoms with Gasteiger partial charge in [-0.1, -0.05) is 18.6 Å². The van der Waals surface area contributed by atoms with E-state index in [1.807, 2.05) is 31.3 Å². The maximum Gasteiger partial charge on any atom is 0.161 e. The Morgan fingerprint density at radius 2 is 2.10 bits per heavy atom. The van der Waals surface area contributed by atoms with Gasteiger partial charge in [0, 0.05) is 5.54 Å². The Morgan fingerprint density at radius 3 is 2.75 bits per heavy atom. The molecule has 4 nitrogen and oxygen atoms in total. The smallest absolute Gasteiger partial charge is 0.161 e. The van der Waals surface area contributed by atoms with Crippen LogP contribution in [0.15, 0.2) is 24.3 Å². The highest BCUT2D eigenvalue weighted by atomic mass is 16.5. The molecular formula is C16H25NO3. The van der Waals surface area contributed by atoms with Gasteiger partial charge in [-0.2, -0.15) is 0 Å². The first-order chi connectivity index (χ1) is 9.75. The number of aliphatic hydroxyl groups is 1. The number of rotatable bonds is 7. The van der Waals surface area contributed by atoms with Gasteiger partial charge in [0.2, 0.25) is 0 Å². The molecule has 1 saturated carbocycles. The van der Waals surface area contributed by atoms with Crippen molar-refractivity contribution >= 4 is 0 Å². The SMILES string of the molecule is CNC1(CO)CCCC1CCOc1ccccc1OC. The van der Waals surface area contributed by atoms with Gasteiger partial charge in [-0.3, -0.25) is 0 Å². The van der Waals surface area contributed by atoms with E-state index >= 15 is 0 Å². The zero-order valence-electron chi connectivity index (χ0n) is 12.4. The summed E-state index contributed by atoms with van der Waals surface area (Å²) in [6.45, 7) is 0.845. The van der Waals surface area contributed by atoms with Crippen LogP contribution in [-0.4, -0.2) is 38.0 Å². The van der Waals surface area contributed by atoms with Crippen LogP contribution in [-0.2, 0) is 0 Å². The van der Waals surface area contributed by atoms with Gasteiger partial charge in [0.15, 0.2) is 11.5 Å². The molecule has 1 aromatic rings. The van der Waals surface area contributed by atoms with Gasteiger partial charge in [-0.15, -0.1) is 0 Å². The first-order valence-corrected chi connectivity index (χ1v) is 7.31. The van der Waals surface area contributed by atoms with Crippen molar-refractivity contribution in [2.24, 2.45) is 5.92 Å². The van der Waals surface area contributed by atoms with Crippen LogP contribution in [0.4, 0.5) is 0 Å². The van der Waals surface area contributed by atoms with Gasteiger partial charge in [0.1, 0.15) is 0 Å². The summed E-state index contributed by atoms with van der Waals surface area (Å²) in [6.07, 6.45) is 4.30. The molecule has 4 heteroatoms. The number of ether oxygens (including phenoxy) is 2. The molecule has 1 aromatic carbocycles. The first kappa shape index (κ1) is 15.1. The molecule has 1 fully saturated rings. The van der Waals surface area contributed by atoms with E-state index in [0.29, 0.717) is 12.5 Å². The summed E-state index contributed by atoms with van der Waals surface area (Å²) < 4.78 is 11.1. The molecular weight excluding hydrogens is 254 g/mol. The summed E-state index contributed by atoms with van der Waals surface area (Å²) in [7, 11) is 3.59. The highest BCUT2D eigenvalue weighted by Crippen LogP contribution is 2.37. The van der Waals surface area contributed by atoms with Gasteiger partial charge in [-0.25, -0.2) is 0 Å². The number of benzene rings is 1. The van der Waals surface area contributed by atoms with Crippen LogP contribution in [0.25, 0.3) is 0 Å². The fourth-order valence-electron chi connectivity index (χ4n) is 3.23. The van der Waals surface area contributed by atoms with E-state index in [-0.39, 0.29) is 12.1 Å². The molecule has 2 unspecified atom stereocenters. The number of hydrogen-bond donors (Lipinski definition) is 2. The van der Waals surface area contributed by atoms with E-state index in [2.05, 4.69) is 5.32 Å². The monoisotopic (exact) mass is 279 g/mol. The van der Waals surface area contributed by atoms with Crippen LogP contribution >= 0.6 is 0 Å². The van der Waals surface area contributed by atoms with Gasteiger partial charge in [-0.05, 0) is 44.4 Å². The Morgan fingerprint density at radius 1 is 1.35 bits per heavy atom. The average molecular weight is 279 g/mol. The molecule has 0 amide bonds. The van der Waals surface area contributed by atoms with Crippen LogP contribution in [0.2, 0.25) is 0 Å². The number of nitrogens with one attached hydrogen (secondary N) is 1. The Bertz CT molecular complexity index is 418. The Balaban J connectivity index is 1.89. The molecule has 0 heterocycles. The summed E-state index contributed by atoms with van der Waals surface area (Å²) in [6, 6.07) is 7.70. The molecule has 1 aliphatic rings. The van der Waals surface area contributed by atoms with Crippen LogP contribution in [0, 0.1) is 5.92 Å². The number of methoxy groups -OCH3 is 1. The minimum atomic E-state index is -0.121. The lowest BCUT2D eigenvalue weighted by Crippen LogP contribution is -2.49. The molecule has 1 aliphatic carbocycles. The first-order valence-electron chi connectivity index (χ1n) is 7.31. The van der Waals surface area contributed by atoms with Crippen LogP contribution in [0.3, 0.4) is 0 Å². The van der Waals surface area contributed by atoms with Crippen molar-refractivity contribution in [2.45, 2.75) is 31.2 Å². The molecule has 2 N–H and O–H groups in total. The van der Waals surface area contributed by atoms with Crippen molar-refractivity contribution in [1.29, 1.82) is 0 Å². The van der Waals surface area contributed by atoms with E-state index in [1.54, 1.807) is 7.11 Å². The Hall–Kier alpha value is -1.26. The highest BCUT2D eigenvalue weighted by molar-refractivity contribution is 5.39. The fraction of sp³-hybridized carbons (Fsp3) is 0.625. The zero-order chi connectivity index (χ0) is 14.4. The lowest BCUT2D eigenvalue weighted by molar-refractivity contribution is 0.116. The normalized spacial score (nSPS) is 25.6. The molecule has 0 aromatic heterocycles. The third-order valence-electron chi connectivity index (χ3n) is 4.53. The lowest BCUT2D eigenvalue weighted by Gasteiger charge is -2.33. The Kier molecular flexibility index (Phi) is 5.26. The van der Waals surface area contributed by atoms with Crippen LogP contribution in [0.1, 0.15) is 25.7 Å². The maximum atomic E-state index is 9.66. The summed E-state index contributed by atoms with van der Waals surface area (Å²) in [5, 5.41) is 13.0. The van der Waals surface area contributed by atoms with Gasteiger partial charge < -0.3 is 19.9 Å². The number of para-hydroxylation sites is 2. The minimum Gasteiger partial charge on any atom is -0.493 e. The fourth-order valence-corrected chi connectivity index (χ4v) is 3.23. The second-order valence-corrected chi connectivity index (χ2v) is 5.44. The molecule has 2 atom stereocenters. The maximum absolute atomic E-state index is 9.66. The summed E-state index contributed by atoms with van der Waals surface area (Å²) in [5.41, 5.74) is -0.121. The van der Waals surface area contributed by atoms with Crippen molar-refractivity contribution in [3.05, 3.63) is 24.3 Å². The standard InChI is InChI=1S/C16H25NO3/c1-17-16(12-18)10-5-6-13(16)9-11-20-15-8-4-3-7-14(15)19-2/h3-4,7-8,13,17-18H,5-6,9-12H2,1-2H3. The molecule has 0 radical (unpaired) electrons. The molecule has 20 heavy (non-hydrogen) atoms. The molecule has 0 aliphatic heterocycles. The van der Waals surface area contributed by atoms with Crippen molar-refractivity contribution in [3.8, 4) is 11.5 Å². The van der Waals surface area contributed by atoms with E-state index < -0.39 is 0 Å². The number of hydrogen-bond acceptors (Lipinski definition) is 4. The van der Waals surface area contributed by atoms with Gasteiger partial charge in [0.25, 0.3) is 0 Å². The van der Waals surface area contributed by atoms with Crippen molar-refractivity contribution in [1.82, 2.24) is 5.32 Å². The average Bonchev–Trinajstić information content (AvgIpc) is 2.91. The predicted octanol–water partition coefficient (Wildman–Crippen LogP) is 2.21. The molecule has 0 bridgehead atoms. The molecule has 0 spiro atoms. The molecule has 112 valence electrons. The van der Waals surface area contributed by atoms with Crippen molar-refractivity contribution in [3.63, 3.8) is 0 Å². The second kappa shape index (κ2) is 6.95. The van der Waals surface area contributed by atoms with Crippen molar-refractivity contribution < 1.29 is 14.6 Å². The lowest BCUT2D eigenvalue weighted by atomic mass is 9.86. The van der Waals surface area contributed by atoms with Crippen LogP contribution in [0.5, 0.6) is 11.5 Å². The summed E-state index contributed by atoms with van der Waals surface area (Å²) in [5.74, 6) is 2.01. The molecule has 0 saturated heterocycles. The minimum absolute atomic E-state index is 0.121. The van der Waals surface area contributed by atoms with Crippen molar-refractivity contribution in [2.75, 3.05) is 27.4 Å². The van der Waals surface area contributed by atoms with E-state index in [4.69, 9.17) is 9.47 Å². The van der Waals surface area contributed by atoms with E-state index in [0.717, 1.165) is 30.8 Å². The predicted molar refractivity (Wildman–Crippen MR) is 79.3 cm³/mol. The number of likely N-dealkylation sites (N-methyl/N-ethyl adjacent to an activating group) is 1. The topological polar surface area (TPSA) is 50.7 Å². The quantitative estimate of drug-likeness (QED) is 0.803. The van der Waals surface area contributed by atoms with Gasteiger partial charge >= 0.3 is 0 Å². The van der Waals surface area contributed by atoms with Crippen LogP contribution < -0.4 is 14.8 Å². The van der Waals surface area contributed by atoms with E-state index in [1.165, 1.54) is 6.42 Å². The summed E-state index contributed by atoms with van der Waals surface area (Å²) >= 11 is 0. The zero-order valence-corrected chi connectivity index (χ0v) is 12.4.